The minimum Gasteiger partial charge on any atom is -0.394 e. The van der Waals surface area contributed by atoms with Gasteiger partial charge in [-0.25, -0.2) is 4.79 Å². The summed E-state index contributed by atoms with van der Waals surface area (Å²) < 4.78 is 40.9. The topological polar surface area (TPSA) is 310 Å². The highest BCUT2D eigenvalue weighted by Crippen LogP contribution is 2.37. The zero-order valence-electron chi connectivity index (χ0n) is 29.9. The molecule has 0 radical (unpaired) electrons. The summed E-state index contributed by atoms with van der Waals surface area (Å²) in [6.07, 6.45) is -25.1. The average Bonchev–Trinajstić information content (AvgIpc) is 3.42. The lowest BCUT2D eigenvalue weighted by Gasteiger charge is -2.51. The van der Waals surface area contributed by atoms with Crippen molar-refractivity contribution in [1.29, 1.82) is 0 Å². The van der Waals surface area contributed by atoms with E-state index in [1.54, 1.807) is 13.8 Å². The van der Waals surface area contributed by atoms with Crippen molar-refractivity contribution in [3.8, 4) is 0 Å². The first kappa shape index (κ1) is 43.7. The first-order chi connectivity index (χ1) is 24.9. The van der Waals surface area contributed by atoms with E-state index in [0.29, 0.717) is 5.06 Å². The standard InChI is InChI=1S/C32H53NO20/c1-13(2)47-26-22(42)16(12-36)49-30(25(26)45)52-28-24(44)21(41)15(11-35)50-31(28)51-27-23(43)20(40)14(10-34)48-29(27)32(3,4)46-9-5-6-19(39)53-33-17(37)7-8-18(33)38/h13-16,20-31,34-36,40-45H,5-12H2,1-4H3/t14-,15?,16?,20-,21-,22-,23?,24?,25?,26?,27-,28?,29+,30+,31-/m1/s1. The van der Waals surface area contributed by atoms with Crippen LogP contribution >= 0.6 is 0 Å². The highest BCUT2D eigenvalue weighted by molar-refractivity contribution is 6.01. The largest absolute Gasteiger partial charge is 0.394 e. The van der Waals surface area contributed by atoms with E-state index in [4.69, 9.17) is 38.0 Å². The molecule has 0 bridgehead atoms. The van der Waals surface area contributed by atoms with Crippen molar-refractivity contribution in [1.82, 2.24) is 5.06 Å². The van der Waals surface area contributed by atoms with Gasteiger partial charge in [0.15, 0.2) is 12.6 Å². The summed E-state index contributed by atoms with van der Waals surface area (Å²) in [5.41, 5.74) is -1.45. The highest BCUT2D eigenvalue weighted by atomic mass is 16.8. The Bertz CT molecular complexity index is 1210. The maximum absolute atomic E-state index is 12.3. The number of imide groups is 1. The molecule has 0 aromatic carbocycles. The van der Waals surface area contributed by atoms with Gasteiger partial charge < -0.3 is 84.0 Å². The van der Waals surface area contributed by atoms with E-state index in [1.807, 2.05) is 0 Å². The second kappa shape index (κ2) is 18.7. The molecule has 9 N–H and O–H groups in total. The number of amides is 2. The summed E-state index contributed by atoms with van der Waals surface area (Å²) in [7, 11) is 0. The summed E-state index contributed by atoms with van der Waals surface area (Å²) in [5, 5.41) is 95.9. The van der Waals surface area contributed by atoms with Crippen LogP contribution in [-0.4, -0.2) is 199 Å². The second-order valence-corrected chi connectivity index (χ2v) is 14.1. The van der Waals surface area contributed by atoms with Gasteiger partial charge in [-0.2, -0.15) is 0 Å². The predicted molar refractivity (Wildman–Crippen MR) is 169 cm³/mol. The van der Waals surface area contributed by atoms with Crippen molar-refractivity contribution in [2.45, 2.75) is 157 Å². The minimum atomic E-state index is -1.91. The van der Waals surface area contributed by atoms with Crippen LogP contribution in [0.4, 0.5) is 0 Å². The van der Waals surface area contributed by atoms with Gasteiger partial charge in [-0.05, 0) is 34.1 Å². The highest BCUT2D eigenvalue weighted by Gasteiger charge is 2.56. The Balaban J connectivity index is 1.53. The number of ether oxygens (including phenoxy) is 7. The van der Waals surface area contributed by atoms with Crippen LogP contribution in [0.5, 0.6) is 0 Å². The van der Waals surface area contributed by atoms with Crippen molar-refractivity contribution < 1.29 is 98.3 Å². The van der Waals surface area contributed by atoms with Gasteiger partial charge in [-0.1, -0.05) is 0 Å². The normalized spacial score (nSPS) is 39.9. The van der Waals surface area contributed by atoms with Crippen molar-refractivity contribution >= 4 is 17.8 Å². The van der Waals surface area contributed by atoms with Crippen LogP contribution < -0.4 is 0 Å². The quantitative estimate of drug-likeness (QED) is 0.0525. The minimum absolute atomic E-state index is 0.0318. The first-order valence-corrected chi connectivity index (χ1v) is 17.5. The molecule has 4 saturated heterocycles. The van der Waals surface area contributed by atoms with Crippen LogP contribution in [0.1, 0.15) is 53.4 Å². The molecule has 7 unspecified atom stereocenters. The van der Waals surface area contributed by atoms with Gasteiger partial charge in [0.05, 0.1) is 37.9 Å². The van der Waals surface area contributed by atoms with E-state index < -0.39 is 141 Å². The van der Waals surface area contributed by atoms with E-state index in [9.17, 15) is 60.3 Å². The van der Waals surface area contributed by atoms with Gasteiger partial charge >= 0.3 is 5.97 Å². The smallest absolute Gasteiger partial charge is 0.333 e. The fraction of sp³-hybridized carbons (Fsp3) is 0.906. The van der Waals surface area contributed by atoms with Crippen molar-refractivity contribution in [3.63, 3.8) is 0 Å². The summed E-state index contributed by atoms with van der Waals surface area (Å²) in [5.74, 6) is -2.14. The lowest BCUT2D eigenvalue weighted by atomic mass is 9.86. The average molecular weight is 772 g/mol. The summed E-state index contributed by atoms with van der Waals surface area (Å²) >= 11 is 0. The molecule has 21 nitrogen and oxygen atoms in total. The number of hydrogen-bond acceptors (Lipinski definition) is 20. The molecule has 0 aromatic heterocycles. The fourth-order valence-corrected chi connectivity index (χ4v) is 6.50. The molecular weight excluding hydrogens is 718 g/mol. The van der Waals surface area contributed by atoms with Crippen LogP contribution in [-0.2, 0) is 52.4 Å². The molecule has 4 heterocycles. The van der Waals surface area contributed by atoms with Crippen LogP contribution in [0.15, 0.2) is 0 Å². The van der Waals surface area contributed by atoms with E-state index >= 15 is 0 Å². The second-order valence-electron chi connectivity index (χ2n) is 14.1. The Morgan fingerprint density at radius 2 is 1.25 bits per heavy atom. The number of carbonyl (C=O) groups excluding carboxylic acids is 3. The maximum atomic E-state index is 12.3. The van der Waals surface area contributed by atoms with E-state index in [2.05, 4.69) is 0 Å². The molecule has 4 fully saturated rings. The Morgan fingerprint density at radius 1 is 0.736 bits per heavy atom. The molecule has 0 aromatic rings. The predicted octanol–water partition coefficient (Wildman–Crippen LogP) is -4.91. The number of hydrogen-bond donors (Lipinski definition) is 9. The number of rotatable bonds is 16. The van der Waals surface area contributed by atoms with Crippen LogP contribution in [0, 0.1) is 0 Å². The number of aliphatic hydroxyl groups excluding tert-OH is 9. The molecule has 4 aliphatic heterocycles. The van der Waals surface area contributed by atoms with Crippen LogP contribution in [0.3, 0.4) is 0 Å². The van der Waals surface area contributed by atoms with Crippen LogP contribution in [0.25, 0.3) is 0 Å². The van der Waals surface area contributed by atoms with Crippen molar-refractivity contribution in [2.75, 3.05) is 26.4 Å². The molecule has 0 aliphatic carbocycles. The molecule has 15 atom stereocenters. The SMILES string of the molecule is CC(C)OC1C(O)[C@H](OC2C(O)[C@H](O)C(CO)O[C@@H]2O[C@@H]2C(O)[C@H](O)[C@@H](CO)O[C@@H]2C(C)(C)OCCCC(=O)ON2C(=O)CCC2=O)OC(CO)[C@H]1O. The van der Waals surface area contributed by atoms with Crippen molar-refractivity contribution in [3.05, 3.63) is 0 Å². The molecule has 0 saturated carbocycles. The third-order valence-corrected chi connectivity index (χ3v) is 9.41. The van der Waals surface area contributed by atoms with Gasteiger partial charge in [0, 0.05) is 19.4 Å². The van der Waals surface area contributed by atoms with Gasteiger partial charge in [0.25, 0.3) is 11.8 Å². The number of carbonyl (C=O) groups is 3. The lowest BCUT2D eigenvalue weighted by Crippen LogP contribution is -2.69. The van der Waals surface area contributed by atoms with Gasteiger partial charge in [0.2, 0.25) is 0 Å². The summed E-state index contributed by atoms with van der Waals surface area (Å²) in [6, 6.07) is 0. The molecular formula is C32H53NO20. The van der Waals surface area contributed by atoms with Gasteiger partial charge in [-0.15, -0.1) is 5.06 Å². The summed E-state index contributed by atoms with van der Waals surface area (Å²) in [6.45, 7) is 3.87. The van der Waals surface area contributed by atoms with E-state index in [1.165, 1.54) is 13.8 Å². The Labute approximate surface area is 304 Å². The Hall–Kier alpha value is -2.03. The summed E-state index contributed by atoms with van der Waals surface area (Å²) in [4.78, 5) is 40.6. The molecule has 2 amide bonds. The lowest BCUT2D eigenvalue weighted by molar-refractivity contribution is -0.388. The molecule has 4 rings (SSSR count). The number of hydroxylamine groups is 2. The molecule has 306 valence electrons. The number of aliphatic hydroxyl groups is 9. The zero-order chi connectivity index (χ0) is 39.4. The monoisotopic (exact) mass is 771 g/mol. The first-order valence-electron chi connectivity index (χ1n) is 17.5. The zero-order valence-corrected chi connectivity index (χ0v) is 29.9. The Kier molecular flexibility index (Phi) is 15.4. The molecule has 21 heteroatoms. The third-order valence-electron chi connectivity index (χ3n) is 9.41. The number of nitrogens with zero attached hydrogens (tertiary/aromatic N) is 1. The van der Waals surface area contributed by atoms with Crippen LogP contribution in [0.2, 0.25) is 0 Å². The Morgan fingerprint density at radius 3 is 1.81 bits per heavy atom. The van der Waals surface area contributed by atoms with E-state index in [-0.39, 0.29) is 32.3 Å². The molecule has 53 heavy (non-hydrogen) atoms. The molecule has 4 aliphatic rings. The van der Waals surface area contributed by atoms with Crippen molar-refractivity contribution in [2.24, 2.45) is 0 Å². The third kappa shape index (κ3) is 10.0. The maximum Gasteiger partial charge on any atom is 0.333 e. The van der Waals surface area contributed by atoms with E-state index in [0.717, 1.165) is 0 Å². The fourth-order valence-electron chi connectivity index (χ4n) is 6.50. The molecule has 0 spiro atoms. The van der Waals surface area contributed by atoms with Gasteiger partial charge in [-0.3, -0.25) is 9.59 Å². The van der Waals surface area contributed by atoms with Gasteiger partial charge in [0.1, 0.15) is 79.4 Å².